The number of hydrogen-bond donors (Lipinski definition) is 1. The van der Waals surface area contributed by atoms with Crippen molar-refractivity contribution >= 4 is 23.3 Å². The van der Waals surface area contributed by atoms with Gasteiger partial charge in [0.25, 0.3) is 5.91 Å². The van der Waals surface area contributed by atoms with Crippen molar-refractivity contribution in [2.24, 2.45) is 11.8 Å². The number of alkyl halides is 1. The van der Waals surface area contributed by atoms with Crippen LogP contribution in [0.15, 0.2) is 30.3 Å². The fourth-order valence-corrected chi connectivity index (χ4v) is 6.43. The molecule has 8 nitrogen and oxygen atoms in total. The number of amides is 1. The van der Waals surface area contributed by atoms with Crippen molar-refractivity contribution in [1.29, 1.82) is 5.26 Å². The number of benzene rings is 1. The van der Waals surface area contributed by atoms with E-state index in [1.54, 1.807) is 24.3 Å². The van der Waals surface area contributed by atoms with Crippen LogP contribution in [0.4, 0.5) is 10.2 Å². The molecule has 0 atom stereocenters. The van der Waals surface area contributed by atoms with Gasteiger partial charge in [-0.1, -0.05) is 11.6 Å². The lowest BCUT2D eigenvalue weighted by molar-refractivity contribution is 0.0749. The Morgan fingerprint density at radius 1 is 1.07 bits per heavy atom. The van der Waals surface area contributed by atoms with Crippen molar-refractivity contribution in [3.05, 3.63) is 46.6 Å². The molecular formula is C30H38ClFN6O2. The molecule has 40 heavy (non-hydrogen) atoms. The Morgan fingerprint density at radius 3 is 2.50 bits per heavy atom. The molecular weight excluding hydrogens is 531 g/mol. The van der Waals surface area contributed by atoms with Crippen LogP contribution in [0.5, 0.6) is 5.75 Å². The normalized spacial score (nSPS) is 22.4. The van der Waals surface area contributed by atoms with Gasteiger partial charge in [-0.2, -0.15) is 5.26 Å². The second-order valence-electron chi connectivity index (χ2n) is 11.4. The maximum Gasteiger partial charge on any atom is 0.272 e. The highest BCUT2D eigenvalue weighted by Gasteiger charge is 2.30. The van der Waals surface area contributed by atoms with Crippen LogP contribution in [0.2, 0.25) is 5.02 Å². The monoisotopic (exact) mass is 568 g/mol. The van der Waals surface area contributed by atoms with Gasteiger partial charge >= 0.3 is 0 Å². The minimum Gasteiger partial charge on any atom is -0.490 e. The summed E-state index contributed by atoms with van der Waals surface area (Å²) >= 11 is 6.11. The molecule has 214 valence electrons. The number of nitrogens with zero attached hydrogens (tertiary/aromatic N) is 5. The van der Waals surface area contributed by atoms with Crippen molar-refractivity contribution in [2.75, 3.05) is 44.3 Å². The Kier molecular flexibility index (Phi) is 9.71. The molecule has 0 bridgehead atoms. The minimum absolute atomic E-state index is 0.0520. The lowest BCUT2D eigenvalue weighted by Gasteiger charge is -2.42. The van der Waals surface area contributed by atoms with Crippen molar-refractivity contribution in [3.8, 4) is 11.8 Å². The summed E-state index contributed by atoms with van der Waals surface area (Å²) < 4.78 is 18.4. The third-order valence-electron chi connectivity index (χ3n) is 8.50. The number of halogens is 2. The van der Waals surface area contributed by atoms with E-state index < -0.39 is 0 Å². The molecule has 3 heterocycles. The largest absolute Gasteiger partial charge is 0.490 e. The first-order valence-corrected chi connectivity index (χ1v) is 14.9. The second kappa shape index (κ2) is 13.6. The molecule has 2 aliphatic heterocycles. The molecule has 0 unspecified atom stereocenters. The Labute approximate surface area is 240 Å². The zero-order chi connectivity index (χ0) is 27.9. The predicted octanol–water partition coefficient (Wildman–Crippen LogP) is 5.02. The zero-order valence-electron chi connectivity index (χ0n) is 22.9. The van der Waals surface area contributed by atoms with Crippen LogP contribution < -0.4 is 15.0 Å². The number of anilines is 1. The van der Waals surface area contributed by atoms with Crippen LogP contribution in [-0.4, -0.2) is 72.5 Å². The summed E-state index contributed by atoms with van der Waals surface area (Å²) in [5, 5.41) is 21.1. The molecule has 10 heteroatoms. The number of likely N-dealkylation sites (tertiary alicyclic amines) is 1. The summed E-state index contributed by atoms with van der Waals surface area (Å²) in [6, 6.07) is 10.9. The first kappa shape index (κ1) is 28.6. The number of carbonyl (C=O) groups excluding carboxylic acids is 1. The van der Waals surface area contributed by atoms with Crippen LogP contribution in [0, 0.1) is 23.2 Å². The Hall–Kier alpha value is -2.96. The Balaban J connectivity index is 1.01. The smallest absolute Gasteiger partial charge is 0.272 e. The number of ether oxygens (including phenoxy) is 1. The maximum absolute atomic E-state index is 12.8. The van der Waals surface area contributed by atoms with Gasteiger partial charge in [0.15, 0.2) is 11.5 Å². The van der Waals surface area contributed by atoms with E-state index in [1.807, 2.05) is 6.07 Å². The van der Waals surface area contributed by atoms with Gasteiger partial charge in [-0.25, -0.2) is 0 Å². The molecule has 1 aromatic carbocycles. The van der Waals surface area contributed by atoms with Crippen molar-refractivity contribution in [1.82, 2.24) is 20.4 Å². The van der Waals surface area contributed by atoms with Crippen molar-refractivity contribution in [2.45, 2.75) is 63.5 Å². The highest BCUT2D eigenvalue weighted by atomic mass is 35.5. The van der Waals surface area contributed by atoms with E-state index in [0.29, 0.717) is 28.5 Å². The van der Waals surface area contributed by atoms with E-state index >= 15 is 0 Å². The molecule has 5 rings (SSSR count). The van der Waals surface area contributed by atoms with Crippen molar-refractivity contribution < 1.29 is 13.9 Å². The van der Waals surface area contributed by atoms with Gasteiger partial charge in [0.05, 0.1) is 23.4 Å². The van der Waals surface area contributed by atoms with Crippen LogP contribution in [0.25, 0.3) is 0 Å². The Morgan fingerprint density at radius 2 is 1.85 bits per heavy atom. The van der Waals surface area contributed by atoms with Gasteiger partial charge < -0.3 is 19.9 Å². The first-order chi connectivity index (χ1) is 19.5. The lowest BCUT2D eigenvalue weighted by Crippen LogP contribution is -2.48. The quantitative estimate of drug-likeness (QED) is 0.430. The van der Waals surface area contributed by atoms with E-state index in [0.717, 1.165) is 88.9 Å². The fourth-order valence-electron chi connectivity index (χ4n) is 6.21. The average molecular weight is 569 g/mol. The molecule has 1 amide bonds. The van der Waals surface area contributed by atoms with Gasteiger partial charge in [-0.3, -0.25) is 9.18 Å². The fraction of sp³-hybridized carbons (Fsp3) is 0.600. The van der Waals surface area contributed by atoms with Crippen molar-refractivity contribution in [3.63, 3.8) is 0 Å². The van der Waals surface area contributed by atoms with E-state index in [4.69, 9.17) is 21.6 Å². The highest BCUT2D eigenvalue weighted by Crippen LogP contribution is 2.31. The molecule has 3 aliphatic rings. The molecule has 2 saturated heterocycles. The molecule has 1 N–H and O–H groups in total. The maximum atomic E-state index is 12.8. The second-order valence-corrected chi connectivity index (χ2v) is 11.8. The Bertz CT molecular complexity index is 1170. The topological polar surface area (TPSA) is 94.4 Å². The predicted molar refractivity (Wildman–Crippen MR) is 152 cm³/mol. The number of aromatic nitrogens is 2. The van der Waals surface area contributed by atoms with Gasteiger partial charge in [0.2, 0.25) is 0 Å². The van der Waals surface area contributed by atoms with Gasteiger partial charge in [0.1, 0.15) is 11.8 Å². The van der Waals surface area contributed by atoms with Crippen LogP contribution in [0.3, 0.4) is 0 Å². The molecule has 2 aromatic rings. The van der Waals surface area contributed by atoms with E-state index in [1.165, 1.54) is 6.42 Å². The van der Waals surface area contributed by atoms with E-state index in [-0.39, 0.29) is 24.7 Å². The number of piperidine rings is 1. The third-order valence-corrected chi connectivity index (χ3v) is 8.81. The SMILES string of the molecule is N#Cc1ccc(OC2CCC(NC(=O)c3ccc(N4CCC(CC5CN(CCCF)C5)CC4)nn3)CC2)cc1Cl. The molecule has 0 spiro atoms. The summed E-state index contributed by atoms with van der Waals surface area (Å²) in [4.78, 5) is 17.4. The lowest BCUT2D eigenvalue weighted by atomic mass is 9.83. The summed E-state index contributed by atoms with van der Waals surface area (Å²) in [6.45, 7) is 4.85. The molecule has 1 aromatic heterocycles. The molecule has 1 aliphatic carbocycles. The molecule has 3 fully saturated rings. The number of carbonyl (C=O) groups is 1. The van der Waals surface area contributed by atoms with E-state index in [2.05, 4.69) is 31.4 Å². The minimum atomic E-state index is -0.218. The summed E-state index contributed by atoms with van der Waals surface area (Å²) in [7, 11) is 0. The van der Waals surface area contributed by atoms with Gasteiger partial charge in [-0.15, -0.1) is 10.2 Å². The van der Waals surface area contributed by atoms with Crippen LogP contribution in [-0.2, 0) is 0 Å². The number of nitrogens with one attached hydrogen (secondary N) is 1. The summed E-state index contributed by atoms with van der Waals surface area (Å²) in [5.74, 6) is 2.80. The van der Waals surface area contributed by atoms with Crippen LogP contribution in [0.1, 0.15) is 67.4 Å². The standard InChI is InChI=1S/C30H38ClFN6O2/c31-27-17-26(5-2-23(27)18-33)40-25-6-3-24(4-7-25)34-30(39)28-8-9-29(36-35-28)38-14-10-21(11-15-38)16-22-19-37(20-22)13-1-12-32/h2,5,8-9,17,21-22,24-25H,1,3-4,6-7,10-16,19-20H2,(H,34,39). The van der Waals surface area contributed by atoms with Gasteiger partial charge in [0, 0.05) is 44.8 Å². The zero-order valence-corrected chi connectivity index (χ0v) is 23.7. The molecule has 1 saturated carbocycles. The summed E-state index contributed by atoms with van der Waals surface area (Å²) in [5.41, 5.74) is 0.771. The first-order valence-electron chi connectivity index (χ1n) is 14.5. The average Bonchev–Trinajstić information content (AvgIpc) is 2.96. The van der Waals surface area contributed by atoms with E-state index in [9.17, 15) is 9.18 Å². The molecule has 0 radical (unpaired) electrons. The summed E-state index contributed by atoms with van der Waals surface area (Å²) in [6.07, 6.45) is 7.54. The van der Waals surface area contributed by atoms with Crippen LogP contribution >= 0.6 is 11.6 Å². The van der Waals surface area contributed by atoms with Gasteiger partial charge in [-0.05, 0) is 87.5 Å². The number of nitriles is 1. The highest BCUT2D eigenvalue weighted by molar-refractivity contribution is 6.31. The number of hydrogen-bond acceptors (Lipinski definition) is 7. The third kappa shape index (κ3) is 7.41. The number of rotatable bonds is 10.